The average Bonchev–Trinajstić information content (AvgIpc) is 2.77. The highest BCUT2D eigenvalue weighted by Gasteiger charge is 2.39. The minimum absolute atomic E-state index is 0.00721. The SMILES string of the molecule is Cc1ccc(/C=C2/SC3CCC(C(=O)NCCCN(CC(C)C)CC(C)C)CC3NC2=O)cc1. The second-order valence-corrected chi connectivity index (χ2v) is 12.1. The van der Waals surface area contributed by atoms with Gasteiger partial charge in [0, 0.05) is 36.8 Å². The van der Waals surface area contributed by atoms with Crippen molar-refractivity contribution in [2.45, 2.75) is 71.6 Å². The standard InChI is InChI=1S/C28H43N3O2S/c1-19(2)17-31(18-20(3)4)14-6-13-29-27(32)23-11-12-25-24(16-23)30-28(33)26(34-25)15-22-9-7-21(5)8-10-22/h7-10,15,19-20,23-25H,6,11-14,16-18H2,1-5H3,(H,29,32)(H,30,33)/b26-15+. The van der Waals surface area contributed by atoms with Crippen molar-refractivity contribution in [2.24, 2.45) is 17.8 Å². The van der Waals surface area contributed by atoms with Crippen molar-refractivity contribution in [2.75, 3.05) is 26.2 Å². The van der Waals surface area contributed by atoms with Gasteiger partial charge in [-0.2, -0.15) is 0 Å². The summed E-state index contributed by atoms with van der Waals surface area (Å²) < 4.78 is 0. The van der Waals surface area contributed by atoms with E-state index in [0.717, 1.165) is 62.3 Å². The Kier molecular flexibility index (Phi) is 10.1. The Morgan fingerprint density at radius 2 is 1.82 bits per heavy atom. The van der Waals surface area contributed by atoms with E-state index in [2.05, 4.69) is 62.3 Å². The van der Waals surface area contributed by atoms with Gasteiger partial charge in [-0.05, 0) is 62.6 Å². The molecule has 34 heavy (non-hydrogen) atoms. The maximum atomic E-state index is 12.8. The van der Waals surface area contributed by atoms with Crippen molar-refractivity contribution in [3.63, 3.8) is 0 Å². The Hall–Kier alpha value is -1.79. The van der Waals surface area contributed by atoms with Gasteiger partial charge >= 0.3 is 0 Å². The van der Waals surface area contributed by atoms with Crippen LogP contribution in [0.1, 0.15) is 64.5 Å². The maximum Gasteiger partial charge on any atom is 0.257 e. The number of carbonyl (C=O) groups is 2. The number of rotatable bonds is 10. The third-order valence-electron chi connectivity index (χ3n) is 6.55. The monoisotopic (exact) mass is 485 g/mol. The van der Waals surface area contributed by atoms with Crippen molar-refractivity contribution in [1.82, 2.24) is 15.5 Å². The van der Waals surface area contributed by atoms with Crippen LogP contribution in [0.5, 0.6) is 0 Å². The number of fused-ring (bicyclic) bond motifs is 1. The molecule has 1 aromatic carbocycles. The zero-order valence-corrected chi connectivity index (χ0v) is 22.4. The van der Waals surface area contributed by atoms with E-state index in [9.17, 15) is 9.59 Å². The highest BCUT2D eigenvalue weighted by Crippen LogP contribution is 2.39. The summed E-state index contributed by atoms with van der Waals surface area (Å²) >= 11 is 1.68. The lowest BCUT2D eigenvalue weighted by Gasteiger charge is -2.39. The minimum Gasteiger partial charge on any atom is -0.356 e. The summed E-state index contributed by atoms with van der Waals surface area (Å²) in [5.74, 6) is 1.44. The highest BCUT2D eigenvalue weighted by molar-refractivity contribution is 8.04. The van der Waals surface area contributed by atoms with Gasteiger partial charge in [-0.15, -0.1) is 11.8 Å². The smallest absolute Gasteiger partial charge is 0.257 e. The third kappa shape index (κ3) is 8.16. The van der Waals surface area contributed by atoms with Crippen molar-refractivity contribution in [1.29, 1.82) is 0 Å². The molecule has 1 saturated carbocycles. The third-order valence-corrected chi connectivity index (χ3v) is 7.97. The molecule has 188 valence electrons. The molecular weight excluding hydrogens is 442 g/mol. The molecule has 2 amide bonds. The van der Waals surface area contributed by atoms with Crippen molar-refractivity contribution in [3.8, 4) is 0 Å². The molecule has 1 saturated heterocycles. The molecule has 0 aromatic heterocycles. The van der Waals surface area contributed by atoms with E-state index in [-0.39, 0.29) is 23.8 Å². The van der Waals surface area contributed by atoms with Crippen LogP contribution in [-0.4, -0.2) is 54.2 Å². The van der Waals surface area contributed by atoms with E-state index in [4.69, 9.17) is 0 Å². The van der Waals surface area contributed by atoms with Crippen molar-refractivity contribution < 1.29 is 9.59 Å². The lowest BCUT2D eigenvalue weighted by molar-refractivity contribution is -0.127. The summed E-state index contributed by atoms with van der Waals surface area (Å²) in [5.41, 5.74) is 2.26. The first-order valence-electron chi connectivity index (χ1n) is 13.0. The van der Waals surface area contributed by atoms with Crippen LogP contribution >= 0.6 is 11.8 Å². The molecule has 2 fully saturated rings. The van der Waals surface area contributed by atoms with Crippen LogP contribution in [0.3, 0.4) is 0 Å². The van der Waals surface area contributed by atoms with E-state index in [1.807, 2.05) is 18.2 Å². The molecule has 3 unspecified atom stereocenters. The minimum atomic E-state index is -0.0109. The Balaban J connectivity index is 1.44. The lowest BCUT2D eigenvalue weighted by atomic mass is 9.84. The number of carbonyl (C=O) groups excluding carboxylic acids is 2. The van der Waals surface area contributed by atoms with Gasteiger partial charge in [0.05, 0.1) is 4.91 Å². The predicted octanol–water partition coefficient (Wildman–Crippen LogP) is 4.86. The van der Waals surface area contributed by atoms with Crippen LogP contribution in [0, 0.1) is 24.7 Å². The largest absolute Gasteiger partial charge is 0.356 e. The molecule has 3 rings (SSSR count). The molecule has 5 nitrogen and oxygen atoms in total. The molecule has 1 aliphatic carbocycles. The van der Waals surface area contributed by atoms with Gasteiger partial charge in [-0.1, -0.05) is 57.5 Å². The quantitative estimate of drug-likeness (QED) is 0.367. The summed E-state index contributed by atoms with van der Waals surface area (Å²) in [6, 6.07) is 8.31. The average molecular weight is 486 g/mol. The van der Waals surface area contributed by atoms with Crippen LogP contribution < -0.4 is 10.6 Å². The summed E-state index contributed by atoms with van der Waals surface area (Å²) in [7, 11) is 0. The predicted molar refractivity (Wildman–Crippen MR) is 144 cm³/mol. The number of benzene rings is 1. The maximum absolute atomic E-state index is 12.8. The van der Waals surface area contributed by atoms with E-state index < -0.39 is 0 Å². The summed E-state index contributed by atoms with van der Waals surface area (Å²) in [5, 5.41) is 6.71. The molecule has 6 heteroatoms. The number of hydrogen-bond acceptors (Lipinski definition) is 4. The topological polar surface area (TPSA) is 61.4 Å². The first-order valence-corrected chi connectivity index (χ1v) is 13.8. The van der Waals surface area contributed by atoms with Gasteiger partial charge in [0.25, 0.3) is 5.91 Å². The van der Waals surface area contributed by atoms with Crippen LogP contribution in [0.4, 0.5) is 0 Å². The van der Waals surface area contributed by atoms with E-state index >= 15 is 0 Å². The fourth-order valence-corrected chi connectivity index (χ4v) is 6.29. The zero-order chi connectivity index (χ0) is 24.7. The fraction of sp³-hybridized carbons (Fsp3) is 0.643. The van der Waals surface area contributed by atoms with Crippen molar-refractivity contribution >= 4 is 29.7 Å². The number of thioether (sulfide) groups is 1. The molecular formula is C28H43N3O2S. The molecule has 1 heterocycles. The number of nitrogens with zero attached hydrogens (tertiary/aromatic N) is 1. The van der Waals surface area contributed by atoms with Crippen LogP contribution in [0.15, 0.2) is 29.2 Å². The zero-order valence-electron chi connectivity index (χ0n) is 21.6. The second kappa shape index (κ2) is 12.8. The van der Waals surface area contributed by atoms with Crippen molar-refractivity contribution in [3.05, 3.63) is 40.3 Å². The Morgan fingerprint density at radius 3 is 2.47 bits per heavy atom. The number of nitrogens with one attached hydrogen (secondary N) is 2. The molecule has 2 aliphatic rings. The molecule has 1 aromatic rings. The van der Waals surface area contributed by atoms with Gasteiger partial charge in [-0.25, -0.2) is 0 Å². The van der Waals surface area contributed by atoms with E-state index in [1.54, 1.807) is 11.8 Å². The van der Waals surface area contributed by atoms with Gasteiger partial charge < -0.3 is 15.5 Å². The van der Waals surface area contributed by atoms with E-state index in [0.29, 0.717) is 17.1 Å². The highest BCUT2D eigenvalue weighted by atomic mass is 32.2. The molecule has 0 spiro atoms. The number of hydrogen-bond donors (Lipinski definition) is 2. The fourth-order valence-electron chi connectivity index (χ4n) is 4.99. The molecule has 2 N–H and O–H groups in total. The molecule has 0 radical (unpaired) electrons. The van der Waals surface area contributed by atoms with E-state index in [1.165, 1.54) is 5.56 Å². The van der Waals surface area contributed by atoms with Gasteiger partial charge in [-0.3, -0.25) is 9.59 Å². The Labute approximate surface area is 210 Å². The van der Waals surface area contributed by atoms with Crippen LogP contribution in [0.2, 0.25) is 0 Å². The summed E-state index contributed by atoms with van der Waals surface area (Å²) in [6.45, 7) is 15.1. The normalized spacial score (nSPS) is 23.9. The molecule has 3 atom stereocenters. The molecule has 1 aliphatic heterocycles. The number of amides is 2. The van der Waals surface area contributed by atoms with Gasteiger partial charge in [0.15, 0.2) is 0 Å². The molecule has 0 bridgehead atoms. The van der Waals surface area contributed by atoms with Crippen LogP contribution in [0.25, 0.3) is 6.08 Å². The van der Waals surface area contributed by atoms with Gasteiger partial charge in [0.2, 0.25) is 5.91 Å². The number of aryl methyl sites for hydroxylation is 1. The van der Waals surface area contributed by atoms with Crippen LogP contribution in [-0.2, 0) is 9.59 Å². The Morgan fingerprint density at radius 1 is 1.15 bits per heavy atom. The first-order chi connectivity index (χ1) is 16.2. The Bertz CT molecular complexity index is 840. The lowest BCUT2D eigenvalue weighted by Crippen LogP contribution is -2.51. The first kappa shape index (κ1) is 26.8. The summed E-state index contributed by atoms with van der Waals surface area (Å²) in [4.78, 5) is 28.8. The van der Waals surface area contributed by atoms with Gasteiger partial charge in [0.1, 0.15) is 0 Å². The second-order valence-electron chi connectivity index (χ2n) is 10.9. The summed E-state index contributed by atoms with van der Waals surface area (Å²) in [6.07, 6.45) is 5.54.